The smallest absolute Gasteiger partial charge is 0.0832 e. The average Bonchev–Trinajstić information content (AvgIpc) is 2.71. The van der Waals surface area contributed by atoms with Crippen molar-refractivity contribution in [1.29, 1.82) is 0 Å². The van der Waals surface area contributed by atoms with Crippen LogP contribution in [0.1, 0.15) is 27.9 Å². The van der Waals surface area contributed by atoms with Crippen molar-refractivity contribution in [3.63, 3.8) is 0 Å². The molecule has 2 aromatic rings. The lowest BCUT2D eigenvalue weighted by Crippen LogP contribution is -2.29. The summed E-state index contributed by atoms with van der Waals surface area (Å²) >= 11 is 5.18. The lowest BCUT2D eigenvalue weighted by molar-refractivity contribution is 0.633. The summed E-state index contributed by atoms with van der Waals surface area (Å²) in [5.74, 6) is 5.67. The minimum Gasteiger partial charge on any atom is -0.271 e. The molecule has 0 radical (unpaired) electrons. The van der Waals surface area contributed by atoms with Crippen LogP contribution in [0.15, 0.2) is 22.0 Å². The van der Waals surface area contributed by atoms with E-state index in [-0.39, 0.29) is 6.04 Å². The van der Waals surface area contributed by atoms with Gasteiger partial charge in [0.25, 0.3) is 0 Å². The molecule has 17 heavy (non-hydrogen) atoms. The largest absolute Gasteiger partial charge is 0.271 e. The quantitative estimate of drug-likeness (QED) is 0.675. The van der Waals surface area contributed by atoms with Crippen LogP contribution in [0.4, 0.5) is 0 Å². The van der Waals surface area contributed by atoms with E-state index in [1.807, 2.05) is 31.4 Å². The number of hydrazine groups is 1. The van der Waals surface area contributed by atoms with E-state index in [2.05, 4.69) is 31.6 Å². The fourth-order valence-electron chi connectivity index (χ4n) is 1.68. The van der Waals surface area contributed by atoms with Crippen LogP contribution in [-0.2, 0) is 0 Å². The van der Waals surface area contributed by atoms with Crippen LogP contribution in [0.3, 0.4) is 0 Å². The highest BCUT2D eigenvalue weighted by Gasteiger charge is 2.19. The van der Waals surface area contributed by atoms with Crippen molar-refractivity contribution in [1.82, 2.24) is 15.6 Å². The van der Waals surface area contributed by atoms with Crippen LogP contribution < -0.4 is 11.3 Å². The van der Waals surface area contributed by atoms with Crippen LogP contribution >= 0.6 is 27.3 Å². The molecule has 2 aromatic heterocycles. The van der Waals surface area contributed by atoms with Crippen LogP contribution in [0.5, 0.6) is 0 Å². The van der Waals surface area contributed by atoms with Crippen LogP contribution in [0.2, 0.25) is 0 Å². The summed E-state index contributed by atoms with van der Waals surface area (Å²) in [5, 5.41) is 10.2. The first kappa shape index (κ1) is 12.6. The summed E-state index contributed by atoms with van der Waals surface area (Å²) in [7, 11) is 0. The number of rotatable bonds is 3. The highest BCUT2D eigenvalue weighted by molar-refractivity contribution is 9.10. The van der Waals surface area contributed by atoms with Gasteiger partial charge in [-0.3, -0.25) is 5.84 Å². The molecule has 1 unspecified atom stereocenters. The Hall–Kier alpha value is -0.820. The Labute approximate surface area is 112 Å². The Bertz CT molecular complexity index is 526. The standard InChI is InChI=1S/C11H13BrN4S/c1-6-5-8(7(2)16-15-6)10(14-13)11-9(12)3-4-17-11/h3-5,10,14H,13H2,1-2H3. The number of nitrogens with zero attached hydrogens (tertiary/aromatic N) is 2. The molecule has 0 bridgehead atoms. The highest BCUT2D eigenvalue weighted by atomic mass is 79.9. The molecule has 0 aliphatic heterocycles. The Morgan fingerprint density at radius 2 is 2.18 bits per heavy atom. The lowest BCUT2D eigenvalue weighted by atomic mass is 10.0. The molecule has 90 valence electrons. The second-order valence-corrected chi connectivity index (χ2v) is 5.56. The lowest BCUT2D eigenvalue weighted by Gasteiger charge is -2.17. The van der Waals surface area contributed by atoms with Gasteiger partial charge in [0.15, 0.2) is 0 Å². The molecule has 2 heterocycles. The molecule has 0 aliphatic rings. The number of thiophene rings is 1. The molecule has 2 rings (SSSR count). The number of halogens is 1. The molecule has 0 amide bonds. The van der Waals surface area contributed by atoms with Gasteiger partial charge in [0.1, 0.15) is 0 Å². The third-order valence-corrected chi connectivity index (χ3v) is 4.46. The summed E-state index contributed by atoms with van der Waals surface area (Å²) < 4.78 is 1.05. The van der Waals surface area contributed by atoms with Gasteiger partial charge in [-0.25, -0.2) is 5.43 Å². The maximum atomic E-state index is 5.67. The number of aromatic nitrogens is 2. The summed E-state index contributed by atoms with van der Waals surface area (Å²) in [4.78, 5) is 1.14. The SMILES string of the molecule is Cc1cc(C(NN)c2sccc2Br)c(C)nn1. The van der Waals surface area contributed by atoms with E-state index in [0.717, 1.165) is 26.3 Å². The monoisotopic (exact) mass is 312 g/mol. The van der Waals surface area contributed by atoms with Crippen LogP contribution in [-0.4, -0.2) is 10.2 Å². The maximum absolute atomic E-state index is 5.67. The van der Waals surface area contributed by atoms with Gasteiger partial charge in [-0.15, -0.1) is 11.3 Å². The number of hydrogen-bond acceptors (Lipinski definition) is 5. The molecule has 1 atom stereocenters. The third-order valence-electron chi connectivity index (χ3n) is 2.52. The zero-order valence-corrected chi connectivity index (χ0v) is 12.0. The Kier molecular flexibility index (Phi) is 3.88. The normalized spacial score (nSPS) is 12.7. The number of nitrogens with one attached hydrogen (secondary N) is 1. The molecule has 3 N–H and O–H groups in total. The summed E-state index contributed by atoms with van der Waals surface area (Å²) in [6.07, 6.45) is 0. The molecule has 6 heteroatoms. The predicted octanol–water partition coefficient (Wildman–Crippen LogP) is 2.47. The van der Waals surface area contributed by atoms with Gasteiger partial charge in [-0.1, -0.05) is 0 Å². The van der Waals surface area contributed by atoms with Crippen LogP contribution in [0.25, 0.3) is 0 Å². The molecular formula is C11H13BrN4S. The van der Waals surface area contributed by atoms with Crippen molar-refractivity contribution in [2.24, 2.45) is 5.84 Å². The molecule has 0 saturated carbocycles. The van der Waals surface area contributed by atoms with E-state index < -0.39 is 0 Å². The number of nitrogens with two attached hydrogens (primary N) is 1. The summed E-state index contributed by atoms with van der Waals surface area (Å²) in [6, 6.07) is 3.97. The second kappa shape index (κ2) is 5.22. The van der Waals surface area contributed by atoms with Crippen molar-refractivity contribution in [3.05, 3.63) is 43.8 Å². The highest BCUT2D eigenvalue weighted by Crippen LogP contribution is 2.33. The Morgan fingerprint density at radius 3 is 2.76 bits per heavy atom. The van der Waals surface area contributed by atoms with E-state index in [9.17, 15) is 0 Å². The van der Waals surface area contributed by atoms with Crippen molar-refractivity contribution in [3.8, 4) is 0 Å². The first-order chi connectivity index (χ1) is 8.13. The zero-order chi connectivity index (χ0) is 12.4. The Balaban J connectivity index is 2.49. The Morgan fingerprint density at radius 1 is 1.41 bits per heavy atom. The van der Waals surface area contributed by atoms with Gasteiger partial charge in [0, 0.05) is 14.9 Å². The maximum Gasteiger partial charge on any atom is 0.0832 e. The minimum absolute atomic E-state index is 0.0569. The van der Waals surface area contributed by atoms with E-state index in [0.29, 0.717) is 0 Å². The summed E-state index contributed by atoms with van der Waals surface area (Å²) in [6.45, 7) is 3.86. The van der Waals surface area contributed by atoms with Crippen LogP contribution in [0, 0.1) is 13.8 Å². The minimum atomic E-state index is -0.0569. The average molecular weight is 313 g/mol. The van der Waals surface area contributed by atoms with E-state index >= 15 is 0 Å². The molecule has 0 aromatic carbocycles. The molecular weight excluding hydrogens is 300 g/mol. The first-order valence-electron chi connectivity index (χ1n) is 5.13. The second-order valence-electron chi connectivity index (χ2n) is 3.76. The van der Waals surface area contributed by atoms with E-state index in [4.69, 9.17) is 5.84 Å². The van der Waals surface area contributed by atoms with Crippen molar-refractivity contribution in [2.45, 2.75) is 19.9 Å². The molecule has 4 nitrogen and oxygen atoms in total. The molecule has 0 fully saturated rings. The molecule has 0 aliphatic carbocycles. The fourth-order valence-corrected chi connectivity index (χ4v) is 3.36. The zero-order valence-electron chi connectivity index (χ0n) is 9.57. The van der Waals surface area contributed by atoms with Gasteiger partial charge in [0.05, 0.1) is 17.4 Å². The fraction of sp³-hybridized carbons (Fsp3) is 0.273. The van der Waals surface area contributed by atoms with Gasteiger partial charge in [0.2, 0.25) is 0 Å². The van der Waals surface area contributed by atoms with Crippen molar-refractivity contribution < 1.29 is 0 Å². The van der Waals surface area contributed by atoms with E-state index in [1.54, 1.807) is 11.3 Å². The topological polar surface area (TPSA) is 63.8 Å². The van der Waals surface area contributed by atoms with Gasteiger partial charge in [-0.05, 0) is 47.3 Å². The van der Waals surface area contributed by atoms with Gasteiger partial charge >= 0.3 is 0 Å². The number of aryl methyl sites for hydroxylation is 2. The predicted molar refractivity (Wildman–Crippen MR) is 72.7 cm³/mol. The third kappa shape index (κ3) is 2.55. The number of hydrogen-bond donors (Lipinski definition) is 2. The molecule has 0 saturated heterocycles. The van der Waals surface area contributed by atoms with E-state index in [1.165, 1.54) is 0 Å². The molecule has 0 spiro atoms. The van der Waals surface area contributed by atoms with Crippen molar-refractivity contribution in [2.75, 3.05) is 0 Å². The first-order valence-corrected chi connectivity index (χ1v) is 6.80. The van der Waals surface area contributed by atoms with Crippen molar-refractivity contribution >= 4 is 27.3 Å². The summed E-state index contributed by atoms with van der Waals surface area (Å²) in [5.41, 5.74) is 5.68. The van der Waals surface area contributed by atoms with Gasteiger partial charge < -0.3 is 0 Å². The van der Waals surface area contributed by atoms with Gasteiger partial charge in [-0.2, -0.15) is 10.2 Å².